The molecule has 3 aromatic carbocycles. The summed E-state index contributed by atoms with van der Waals surface area (Å²) in [6, 6.07) is 24.1. The Morgan fingerprint density at radius 1 is 1.00 bits per heavy atom. The molecule has 7 nitrogen and oxygen atoms in total. The fourth-order valence-corrected chi connectivity index (χ4v) is 5.24. The van der Waals surface area contributed by atoms with Crippen LogP contribution in [0.3, 0.4) is 0 Å². The number of fused-ring (bicyclic) bond motifs is 2. The number of anilines is 1. The lowest BCUT2D eigenvalue weighted by molar-refractivity contribution is -0.135. The number of nitrogens with one attached hydrogen (secondary N) is 2. The standard InChI is InChI=1S/C26H23N3O4S/c30-23(27-20-11-5-7-13-22(20)34-17-18-8-2-1-3-9-18)16-29-24(31)26(28-25(29)32)14-15-33-21-12-6-4-10-19(21)26/h1-13H,14-17H2,(H,27,30)(H,28,32)/t26-/m0/s1. The van der Waals surface area contributed by atoms with Gasteiger partial charge in [-0.3, -0.25) is 14.5 Å². The molecule has 0 aromatic heterocycles. The second kappa shape index (κ2) is 9.23. The molecule has 1 atom stereocenters. The highest BCUT2D eigenvalue weighted by molar-refractivity contribution is 7.98. The third kappa shape index (κ3) is 4.12. The fraction of sp³-hybridized carbons (Fsp3) is 0.192. The van der Waals surface area contributed by atoms with Crippen LogP contribution in [0.4, 0.5) is 10.5 Å². The predicted octanol–water partition coefficient (Wildman–Crippen LogP) is 4.15. The zero-order valence-electron chi connectivity index (χ0n) is 18.3. The van der Waals surface area contributed by atoms with Crippen LogP contribution in [0.25, 0.3) is 0 Å². The summed E-state index contributed by atoms with van der Waals surface area (Å²) < 4.78 is 5.65. The molecule has 0 aliphatic carbocycles. The van der Waals surface area contributed by atoms with Crippen LogP contribution >= 0.6 is 11.8 Å². The summed E-state index contributed by atoms with van der Waals surface area (Å²) in [5.41, 5.74) is 1.24. The number of carbonyl (C=O) groups excluding carboxylic acids is 3. The molecule has 2 aliphatic rings. The molecule has 0 bridgehead atoms. The maximum Gasteiger partial charge on any atom is 0.325 e. The summed E-state index contributed by atoms with van der Waals surface area (Å²) in [5, 5.41) is 5.68. The van der Waals surface area contributed by atoms with Gasteiger partial charge in [-0.15, -0.1) is 11.8 Å². The van der Waals surface area contributed by atoms with Crippen LogP contribution in [0.15, 0.2) is 83.8 Å². The van der Waals surface area contributed by atoms with Crippen molar-refractivity contribution in [2.24, 2.45) is 0 Å². The van der Waals surface area contributed by atoms with Gasteiger partial charge in [-0.1, -0.05) is 60.7 Å². The number of nitrogens with zero attached hydrogens (tertiary/aromatic N) is 1. The lowest BCUT2D eigenvalue weighted by Gasteiger charge is -2.33. The van der Waals surface area contributed by atoms with Crippen LogP contribution in [-0.2, 0) is 20.9 Å². The average Bonchev–Trinajstić information content (AvgIpc) is 3.09. The largest absolute Gasteiger partial charge is 0.493 e. The Morgan fingerprint density at radius 2 is 1.74 bits per heavy atom. The number of rotatable bonds is 6. The minimum absolute atomic E-state index is 0.301. The Morgan fingerprint density at radius 3 is 2.59 bits per heavy atom. The summed E-state index contributed by atoms with van der Waals surface area (Å²) in [5.74, 6) is 0.451. The van der Waals surface area contributed by atoms with E-state index in [0.717, 1.165) is 15.5 Å². The number of urea groups is 1. The topological polar surface area (TPSA) is 87.7 Å². The number of imide groups is 1. The Kier molecular flexibility index (Phi) is 5.98. The van der Waals surface area contributed by atoms with Gasteiger partial charge in [0.1, 0.15) is 12.3 Å². The highest BCUT2D eigenvalue weighted by atomic mass is 32.2. The van der Waals surface area contributed by atoms with Gasteiger partial charge in [0, 0.05) is 22.6 Å². The van der Waals surface area contributed by atoms with Crippen LogP contribution in [0.1, 0.15) is 17.5 Å². The normalized spacial score (nSPS) is 18.9. The number of para-hydroxylation sites is 2. The number of hydrogen-bond donors (Lipinski definition) is 2. The van der Waals surface area contributed by atoms with Crippen LogP contribution < -0.4 is 15.4 Å². The fourth-order valence-electron chi connectivity index (χ4n) is 4.28. The van der Waals surface area contributed by atoms with Gasteiger partial charge >= 0.3 is 6.03 Å². The van der Waals surface area contributed by atoms with E-state index in [0.29, 0.717) is 30.0 Å². The highest BCUT2D eigenvalue weighted by Crippen LogP contribution is 2.41. The van der Waals surface area contributed by atoms with E-state index < -0.39 is 23.4 Å². The van der Waals surface area contributed by atoms with E-state index in [4.69, 9.17) is 4.74 Å². The number of thioether (sulfide) groups is 1. The number of ether oxygens (including phenoxy) is 1. The average molecular weight is 474 g/mol. The Hall–Kier alpha value is -3.78. The van der Waals surface area contributed by atoms with Crippen LogP contribution in [-0.4, -0.2) is 35.9 Å². The molecular formula is C26H23N3O4S. The minimum Gasteiger partial charge on any atom is -0.493 e. The molecule has 5 rings (SSSR count). The maximum atomic E-state index is 13.4. The van der Waals surface area contributed by atoms with Gasteiger partial charge in [-0.25, -0.2) is 4.79 Å². The van der Waals surface area contributed by atoms with Crippen molar-refractivity contribution in [3.63, 3.8) is 0 Å². The molecule has 1 spiro atoms. The van der Waals surface area contributed by atoms with E-state index >= 15 is 0 Å². The summed E-state index contributed by atoms with van der Waals surface area (Å²) in [6.45, 7) is -0.0673. The number of hydrogen-bond acceptors (Lipinski definition) is 5. The summed E-state index contributed by atoms with van der Waals surface area (Å²) in [4.78, 5) is 40.9. The quantitative estimate of drug-likeness (QED) is 0.415. The van der Waals surface area contributed by atoms with Crippen molar-refractivity contribution >= 4 is 35.3 Å². The third-order valence-corrected chi connectivity index (χ3v) is 7.10. The van der Waals surface area contributed by atoms with Crippen molar-refractivity contribution in [1.82, 2.24) is 10.2 Å². The molecule has 3 aromatic rings. The third-order valence-electron chi connectivity index (χ3n) is 5.96. The summed E-state index contributed by atoms with van der Waals surface area (Å²) in [6.07, 6.45) is 0.311. The van der Waals surface area contributed by atoms with E-state index in [9.17, 15) is 14.4 Å². The lowest BCUT2D eigenvalue weighted by atomic mass is 9.84. The van der Waals surface area contributed by atoms with Crippen molar-refractivity contribution in [3.8, 4) is 5.75 Å². The van der Waals surface area contributed by atoms with E-state index in [1.54, 1.807) is 30.0 Å². The van der Waals surface area contributed by atoms with Crippen molar-refractivity contribution in [3.05, 3.63) is 90.0 Å². The van der Waals surface area contributed by atoms with E-state index in [1.165, 1.54) is 5.56 Å². The van der Waals surface area contributed by atoms with Crippen molar-refractivity contribution < 1.29 is 19.1 Å². The van der Waals surface area contributed by atoms with Gasteiger partial charge in [0.25, 0.3) is 5.91 Å². The van der Waals surface area contributed by atoms with Crippen molar-refractivity contribution in [2.75, 3.05) is 18.5 Å². The first kappa shape index (κ1) is 22.0. The zero-order chi connectivity index (χ0) is 23.5. The first-order chi connectivity index (χ1) is 16.6. The van der Waals surface area contributed by atoms with E-state index in [-0.39, 0.29) is 6.54 Å². The molecular weight excluding hydrogens is 450 g/mol. The van der Waals surface area contributed by atoms with Crippen LogP contribution in [0.2, 0.25) is 0 Å². The molecule has 1 fully saturated rings. The van der Waals surface area contributed by atoms with Gasteiger partial charge in [-0.2, -0.15) is 0 Å². The number of carbonyl (C=O) groups is 3. The Balaban J connectivity index is 1.29. The molecule has 2 heterocycles. The summed E-state index contributed by atoms with van der Waals surface area (Å²) >= 11 is 1.61. The number of amides is 4. The summed E-state index contributed by atoms with van der Waals surface area (Å²) in [7, 11) is 0. The molecule has 2 N–H and O–H groups in total. The van der Waals surface area contributed by atoms with Crippen molar-refractivity contribution in [1.29, 1.82) is 0 Å². The van der Waals surface area contributed by atoms with Gasteiger partial charge in [0.05, 0.1) is 12.3 Å². The molecule has 172 valence electrons. The smallest absolute Gasteiger partial charge is 0.325 e. The molecule has 34 heavy (non-hydrogen) atoms. The molecule has 1 saturated heterocycles. The van der Waals surface area contributed by atoms with Crippen molar-refractivity contribution in [2.45, 2.75) is 22.6 Å². The minimum atomic E-state index is -1.20. The molecule has 8 heteroatoms. The van der Waals surface area contributed by atoms with Crippen LogP contribution in [0, 0.1) is 0 Å². The monoisotopic (exact) mass is 473 g/mol. The van der Waals surface area contributed by atoms with Gasteiger partial charge < -0.3 is 15.4 Å². The first-order valence-corrected chi connectivity index (χ1v) is 12.0. The predicted molar refractivity (Wildman–Crippen MR) is 130 cm³/mol. The molecule has 0 saturated carbocycles. The van der Waals surface area contributed by atoms with E-state index in [2.05, 4.69) is 22.8 Å². The molecule has 0 radical (unpaired) electrons. The highest BCUT2D eigenvalue weighted by Gasteiger charge is 2.55. The number of benzene rings is 3. The molecule has 2 aliphatic heterocycles. The van der Waals surface area contributed by atoms with Gasteiger partial charge in [-0.05, 0) is 23.8 Å². The Bertz CT molecular complexity index is 1250. The second-order valence-corrected chi connectivity index (χ2v) is 9.16. The Labute approximate surface area is 201 Å². The maximum absolute atomic E-state index is 13.4. The SMILES string of the molecule is O=C(CN1C(=O)N[C@]2(CCOc3ccccc32)C1=O)Nc1ccccc1SCc1ccccc1. The lowest BCUT2D eigenvalue weighted by Crippen LogP contribution is -2.48. The van der Waals surface area contributed by atoms with E-state index in [1.807, 2.05) is 48.5 Å². The second-order valence-electron chi connectivity index (χ2n) is 8.14. The van der Waals surface area contributed by atoms with Gasteiger partial charge in [0.15, 0.2) is 5.54 Å². The zero-order valence-corrected chi connectivity index (χ0v) is 19.1. The molecule has 0 unspecified atom stereocenters. The molecule has 4 amide bonds. The van der Waals surface area contributed by atoms with Gasteiger partial charge in [0.2, 0.25) is 5.91 Å². The first-order valence-electron chi connectivity index (χ1n) is 11.0. The van der Waals surface area contributed by atoms with Crippen LogP contribution in [0.5, 0.6) is 5.75 Å².